The molecule has 0 aliphatic rings. The molecule has 1 aromatic heterocycles. The van der Waals surface area contributed by atoms with Crippen molar-refractivity contribution in [2.45, 2.75) is 13.3 Å². The molecular formula is C14H15NO2S. The van der Waals surface area contributed by atoms with Gasteiger partial charge in [-0.1, -0.05) is 6.07 Å². The highest BCUT2D eigenvalue weighted by Gasteiger charge is 2.08. The van der Waals surface area contributed by atoms with Crippen LogP contribution in [0.15, 0.2) is 35.0 Å². The van der Waals surface area contributed by atoms with Gasteiger partial charge in [0.25, 0.3) is 0 Å². The number of methoxy groups -OCH3 is 1. The molecule has 18 heavy (non-hydrogen) atoms. The molecule has 0 atom stereocenters. The van der Waals surface area contributed by atoms with Crippen LogP contribution in [-0.4, -0.2) is 13.0 Å². The van der Waals surface area contributed by atoms with E-state index in [1.54, 1.807) is 18.4 Å². The molecule has 0 radical (unpaired) electrons. The summed E-state index contributed by atoms with van der Waals surface area (Å²) >= 11 is 1.59. The Morgan fingerprint density at radius 3 is 2.89 bits per heavy atom. The fourth-order valence-electron chi connectivity index (χ4n) is 1.69. The molecule has 0 fully saturated rings. The Balaban J connectivity index is 2.08. The van der Waals surface area contributed by atoms with Gasteiger partial charge in [0, 0.05) is 0 Å². The number of ether oxygens (including phenoxy) is 1. The molecule has 0 spiro atoms. The number of carbonyl (C=O) groups is 1. The standard InChI is InChI=1S/C14H15NO2S/c1-10-3-4-13(17-2)12(7-10)15-14(16)8-11-5-6-18-9-11/h3-7,9H,8H2,1-2H3,(H,15,16). The first-order valence-corrected chi connectivity index (χ1v) is 6.59. The maximum Gasteiger partial charge on any atom is 0.228 e. The Hall–Kier alpha value is -1.81. The highest BCUT2D eigenvalue weighted by molar-refractivity contribution is 7.08. The topological polar surface area (TPSA) is 38.3 Å². The SMILES string of the molecule is COc1ccc(C)cc1NC(=O)Cc1ccsc1. The first kappa shape index (κ1) is 12.6. The second kappa shape index (κ2) is 5.69. The second-order valence-electron chi connectivity index (χ2n) is 4.06. The van der Waals surface area contributed by atoms with Crippen LogP contribution in [0.4, 0.5) is 5.69 Å². The van der Waals surface area contributed by atoms with E-state index < -0.39 is 0 Å². The van der Waals surface area contributed by atoms with E-state index in [0.29, 0.717) is 12.2 Å². The number of thiophene rings is 1. The van der Waals surface area contributed by atoms with Gasteiger partial charge in [-0.3, -0.25) is 4.79 Å². The first-order chi connectivity index (χ1) is 8.69. The van der Waals surface area contributed by atoms with E-state index in [-0.39, 0.29) is 5.91 Å². The van der Waals surface area contributed by atoms with Crippen molar-refractivity contribution < 1.29 is 9.53 Å². The van der Waals surface area contributed by atoms with Gasteiger partial charge >= 0.3 is 0 Å². The molecule has 1 heterocycles. The summed E-state index contributed by atoms with van der Waals surface area (Å²) in [4.78, 5) is 11.9. The fraction of sp³-hybridized carbons (Fsp3) is 0.214. The van der Waals surface area contributed by atoms with E-state index in [4.69, 9.17) is 4.74 Å². The zero-order chi connectivity index (χ0) is 13.0. The molecule has 0 unspecified atom stereocenters. The summed E-state index contributed by atoms with van der Waals surface area (Å²) < 4.78 is 5.22. The minimum Gasteiger partial charge on any atom is -0.495 e. The number of aryl methyl sites for hydroxylation is 1. The highest BCUT2D eigenvalue weighted by Crippen LogP contribution is 2.25. The molecule has 94 valence electrons. The molecule has 0 aliphatic heterocycles. The third kappa shape index (κ3) is 3.11. The van der Waals surface area contributed by atoms with Gasteiger partial charge in [0.05, 0.1) is 19.2 Å². The third-order valence-corrected chi connectivity index (χ3v) is 3.31. The van der Waals surface area contributed by atoms with Crippen LogP contribution in [0.3, 0.4) is 0 Å². The van der Waals surface area contributed by atoms with Gasteiger partial charge in [-0.25, -0.2) is 0 Å². The number of benzene rings is 1. The molecule has 2 aromatic rings. The third-order valence-electron chi connectivity index (χ3n) is 2.57. The van der Waals surface area contributed by atoms with Crippen molar-refractivity contribution in [3.05, 3.63) is 46.2 Å². The number of carbonyl (C=O) groups excluding carboxylic acids is 1. The predicted molar refractivity (Wildman–Crippen MR) is 74.4 cm³/mol. The van der Waals surface area contributed by atoms with Crippen molar-refractivity contribution in [3.63, 3.8) is 0 Å². The Labute approximate surface area is 110 Å². The average molecular weight is 261 g/mol. The van der Waals surface area contributed by atoms with Gasteiger partial charge in [0.1, 0.15) is 5.75 Å². The van der Waals surface area contributed by atoms with E-state index in [1.165, 1.54) is 0 Å². The molecule has 1 N–H and O–H groups in total. The summed E-state index contributed by atoms with van der Waals surface area (Å²) in [6.45, 7) is 1.98. The average Bonchev–Trinajstić information content (AvgIpc) is 2.82. The second-order valence-corrected chi connectivity index (χ2v) is 4.84. The number of anilines is 1. The van der Waals surface area contributed by atoms with Crippen LogP contribution in [0.5, 0.6) is 5.75 Å². The summed E-state index contributed by atoms with van der Waals surface area (Å²) in [6, 6.07) is 7.67. The molecule has 3 nitrogen and oxygen atoms in total. The molecule has 2 rings (SSSR count). The maximum absolute atomic E-state index is 11.9. The van der Waals surface area contributed by atoms with Crippen LogP contribution in [0.2, 0.25) is 0 Å². The molecule has 0 aliphatic carbocycles. The quantitative estimate of drug-likeness (QED) is 0.917. The Morgan fingerprint density at radius 1 is 1.39 bits per heavy atom. The van der Waals surface area contributed by atoms with E-state index in [1.807, 2.05) is 41.9 Å². The lowest BCUT2D eigenvalue weighted by Crippen LogP contribution is -2.14. The van der Waals surface area contributed by atoms with Crippen molar-refractivity contribution in [3.8, 4) is 5.75 Å². The molecule has 4 heteroatoms. The highest BCUT2D eigenvalue weighted by atomic mass is 32.1. The van der Waals surface area contributed by atoms with Crippen LogP contribution in [0.25, 0.3) is 0 Å². The molecular weight excluding hydrogens is 246 g/mol. The fourth-order valence-corrected chi connectivity index (χ4v) is 2.36. The number of hydrogen-bond acceptors (Lipinski definition) is 3. The van der Waals surface area contributed by atoms with Gasteiger partial charge in [-0.05, 0) is 47.0 Å². The molecule has 0 saturated carbocycles. The van der Waals surface area contributed by atoms with Crippen molar-refractivity contribution in [2.75, 3.05) is 12.4 Å². The lowest BCUT2D eigenvalue weighted by atomic mass is 10.2. The van der Waals surface area contributed by atoms with E-state index in [2.05, 4.69) is 5.32 Å². The van der Waals surface area contributed by atoms with Gasteiger partial charge in [-0.2, -0.15) is 11.3 Å². The van der Waals surface area contributed by atoms with Gasteiger partial charge in [-0.15, -0.1) is 0 Å². The van der Waals surface area contributed by atoms with Gasteiger partial charge in [0.15, 0.2) is 0 Å². The predicted octanol–water partition coefficient (Wildman–Crippen LogP) is 3.25. The lowest BCUT2D eigenvalue weighted by Gasteiger charge is -2.10. The number of nitrogens with one attached hydrogen (secondary N) is 1. The Kier molecular flexibility index (Phi) is 3.99. The van der Waals surface area contributed by atoms with Crippen molar-refractivity contribution in [1.29, 1.82) is 0 Å². The van der Waals surface area contributed by atoms with Gasteiger partial charge < -0.3 is 10.1 Å². The van der Waals surface area contributed by atoms with Crippen molar-refractivity contribution >= 4 is 22.9 Å². The molecule has 1 amide bonds. The molecule has 0 bridgehead atoms. The zero-order valence-electron chi connectivity index (χ0n) is 10.4. The summed E-state index contributed by atoms with van der Waals surface area (Å²) in [7, 11) is 1.60. The minimum atomic E-state index is -0.0303. The Morgan fingerprint density at radius 2 is 2.22 bits per heavy atom. The van der Waals surface area contributed by atoms with Crippen LogP contribution < -0.4 is 10.1 Å². The van der Waals surface area contributed by atoms with E-state index >= 15 is 0 Å². The van der Waals surface area contributed by atoms with Crippen LogP contribution in [0, 0.1) is 6.92 Å². The van der Waals surface area contributed by atoms with Crippen molar-refractivity contribution in [2.24, 2.45) is 0 Å². The van der Waals surface area contributed by atoms with Crippen LogP contribution in [0.1, 0.15) is 11.1 Å². The molecule has 1 aromatic carbocycles. The number of hydrogen-bond donors (Lipinski definition) is 1. The van der Waals surface area contributed by atoms with E-state index in [9.17, 15) is 4.79 Å². The summed E-state index contributed by atoms with van der Waals surface area (Å²) in [5.74, 6) is 0.650. The summed E-state index contributed by atoms with van der Waals surface area (Å²) in [6.07, 6.45) is 0.389. The molecule has 0 saturated heterocycles. The minimum absolute atomic E-state index is 0.0303. The smallest absolute Gasteiger partial charge is 0.228 e. The first-order valence-electron chi connectivity index (χ1n) is 5.64. The largest absolute Gasteiger partial charge is 0.495 e. The monoisotopic (exact) mass is 261 g/mol. The summed E-state index contributed by atoms with van der Waals surface area (Å²) in [5, 5.41) is 6.83. The Bertz CT molecular complexity index is 535. The van der Waals surface area contributed by atoms with Crippen molar-refractivity contribution in [1.82, 2.24) is 0 Å². The lowest BCUT2D eigenvalue weighted by molar-refractivity contribution is -0.115. The normalized spacial score (nSPS) is 10.1. The van der Waals surface area contributed by atoms with Crippen LogP contribution >= 0.6 is 11.3 Å². The van der Waals surface area contributed by atoms with Crippen LogP contribution in [-0.2, 0) is 11.2 Å². The van der Waals surface area contributed by atoms with Gasteiger partial charge in [0.2, 0.25) is 5.91 Å². The number of rotatable bonds is 4. The van der Waals surface area contributed by atoms with E-state index in [0.717, 1.165) is 16.8 Å². The summed E-state index contributed by atoms with van der Waals surface area (Å²) in [5.41, 5.74) is 2.84. The number of amides is 1. The maximum atomic E-state index is 11.9. The zero-order valence-corrected chi connectivity index (χ0v) is 11.2.